The van der Waals surface area contributed by atoms with Crippen LogP contribution in [-0.2, 0) is 13.1 Å². The summed E-state index contributed by atoms with van der Waals surface area (Å²) in [4.78, 5) is 24.0. The van der Waals surface area contributed by atoms with Gasteiger partial charge in [-0.05, 0) is 17.2 Å². The Bertz CT molecular complexity index is 1350. The molecule has 0 aliphatic rings. The number of para-hydroxylation sites is 1. The van der Waals surface area contributed by atoms with Crippen LogP contribution in [0.15, 0.2) is 72.0 Å². The SMILES string of the molecule is Nc1nc2ccccc2c2c1[nH]c(=O)n2Cc1cccc(Cn2ccnc2)c1. The Kier molecular flexibility index (Phi) is 3.72. The normalized spacial score (nSPS) is 11.4. The average Bonchev–Trinajstić information content (AvgIpc) is 3.31. The third-order valence-corrected chi connectivity index (χ3v) is 4.90. The van der Waals surface area contributed by atoms with Gasteiger partial charge in [0.05, 0.1) is 23.9 Å². The van der Waals surface area contributed by atoms with Crippen LogP contribution in [0.5, 0.6) is 0 Å². The highest BCUT2D eigenvalue weighted by Crippen LogP contribution is 2.26. The monoisotopic (exact) mass is 370 g/mol. The van der Waals surface area contributed by atoms with Gasteiger partial charge in [0.2, 0.25) is 0 Å². The molecule has 5 aromatic rings. The maximum absolute atomic E-state index is 12.7. The first-order chi connectivity index (χ1) is 13.7. The molecule has 0 saturated heterocycles. The number of nitrogens with zero attached hydrogens (tertiary/aromatic N) is 4. The van der Waals surface area contributed by atoms with Crippen molar-refractivity contribution in [2.75, 3.05) is 5.73 Å². The Labute approximate surface area is 160 Å². The van der Waals surface area contributed by atoms with Crippen molar-refractivity contribution in [1.82, 2.24) is 24.1 Å². The first-order valence-electron chi connectivity index (χ1n) is 8.99. The van der Waals surface area contributed by atoms with Crippen LogP contribution in [0.4, 0.5) is 5.82 Å². The van der Waals surface area contributed by atoms with Crippen molar-refractivity contribution in [3.8, 4) is 0 Å². The molecule has 3 heterocycles. The highest BCUT2D eigenvalue weighted by atomic mass is 16.1. The van der Waals surface area contributed by atoms with Gasteiger partial charge in [0, 0.05) is 24.3 Å². The molecule has 7 nitrogen and oxygen atoms in total. The van der Waals surface area contributed by atoms with Crippen molar-refractivity contribution in [2.45, 2.75) is 13.1 Å². The van der Waals surface area contributed by atoms with Gasteiger partial charge in [-0.3, -0.25) is 4.57 Å². The summed E-state index contributed by atoms with van der Waals surface area (Å²) in [6.07, 6.45) is 5.48. The number of H-pyrrole nitrogens is 1. The first kappa shape index (κ1) is 16.3. The number of imidazole rings is 2. The van der Waals surface area contributed by atoms with Crippen LogP contribution in [0.2, 0.25) is 0 Å². The van der Waals surface area contributed by atoms with Crippen LogP contribution in [-0.4, -0.2) is 24.1 Å². The molecule has 0 unspecified atom stereocenters. The van der Waals surface area contributed by atoms with Gasteiger partial charge < -0.3 is 15.3 Å². The van der Waals surface area contributed by atoms with Crippen molar-refractivity contribution in [2.24, 2.45) is 0 Å². The van der Waals surface area contributed by atoms with Gasteiger partial charge in [0.15, 0.2) is 0 Å². The standard InChI is InChI=1S/C21H18N6O/c22-20-18-19(16-6-1-2-7-17(16)24-20)27(21(28)25-18)12-15-5-3-4-14(10-15)11-26-9-8-23-13-26/h1-10,13H,11-12H2,(H2,22,24)(H,25,28). The Morgan fingerprint density at radius 1 is 1.04 bits per heavy atom. The highest BCUT2D eigenvalue weighted by Gasteiger charge is 2.14. The molecule has 0 amide bonds. The highest BCUT2D eigenvalue weighted by molar-refractivity contribution is 6.06. The predicted octanol–water partition coefficient (Wildman–Crippen LogP) is 2.75. The van der Waals surface area contributed by atoms with Gasteiger partial charge in [-0.1, -0.05) is 42.5 Å². The smallest absolute Gasteiger partial charge is 0.326 e. The zero-order chi connectivity index (χ0) is 19.1. The Morgan fingerprint density at radius 2 is 1.86 bits per heavy atom. The molecule has 0 spiro atoms. The molecule has 3 N–H and O–H groups in total. The molecule has 28 heavy (non-hydrogen) atoms. The van der Waals surface area contributed by atoms with Gasteiger partial charge >= 0.3 is 5.69 Å². The molecule has 0 radical (unpaired) electrons. The van der Waals surface area contributed by atoms with E-state index in [2.05, 4.69) is 27.1 Å². The molecule has 0 atom stereocenters. The first-order valence-corrected chi connectivity index (χ1v) is 8.99. The molecule has 2 aromatic carbocycles. The lowest BCUT2D eigenvalue weighted by atomic mass is 10.1. The third-order valence-electron chi connectivity index (χ3n) is 4.90. The van der Waals surface area contributed by atoms with Gasteiger partial charge in [-0.2, -0.15) is 0 Å². The van der Waals surface area contributed by atoms with Crippen LogP contribution in [0.1, 0.15) is 11.1 Å². The average molecular weight is 370 g/mol. The van der Waals surface area contributed by atoms with Crippen LogP contribution >= 0.6 is 0 Å². The molecular formula is C21H18N6O. The minimum Gasteiger partial charge on any atom is -0.382 e. The Morgan fingerprint density at radius 3 is 2.68 bits per heavy atom. The topological polar surface area (TPSA) is 94.5 Å². The van der Waals surface area contributed by atoms with Crippen LogP contribution < -0.4 is 11.4 Å². The molecular weight excluding hydrogens is 352 g/mol. The molecule has 0 saturated carbocycles. The molecule has 0 aliphatic carbocycles. The van der Waals surface area contributed by atoms with Crippen LogP contribution in [0, 0.1) is 0 Å². The number of anilines is 1. The predicted molar refractivity (Wildman–Crippen MR) is 109 cm³/mol. The summed E-state index contributed by atoms with van der Waals surface area (Å²) in [7, 11) is 0. The van der Waals surface area contributed by atoms with Crippen molar-refractivity contribution >= 4 is 27.8 Å². The summed E-state index contributed by atoms with van der Waals surface area (Å²) in [5.74, 6) is 0.332. The maximum Gasteiger partial charge on any atom is 0.326 e. The number of nitrogens with one attached hydrogen (secondary N) is 1. The fourth-order valence-electron chi connectivity index (χ4n) is 3.64. The number of nitrogens with two attached hydrogens (primary N) is 1. The zero-order valence-corrected chi connectivity index (χ0v) is 15.0. The van der Waals surface area contributed by atoms with E-state index >= 15 is 0 Å². The lowest BCUT2D eigenvalue weighted by Gasteiger charge is -2.09. The Hall–Kier alpha value is -3.87. The maximum atomic E-state index is 12.7. The van der Waals surface area contributed by atoms with E-state index < -0.39 is 0 Å². The van der Waals surface area contributed by atoms with E-state index in [1.54, 1.807) is 17.1 Å². The number of aromatic amines is 1. The fraction of sp³-hybridized carbons (Fsp3) is 0.0952. The lowest BCUT2D eigenvalue weighted by Crippen LogP contribution is -2.17. The minimum absolute atomic E-state index is 0.195. The molecule has 0 fully saturated rings. The fourth-order valence-corrected chi connectivity index (χ4v) is 3.64. The summed E-state index contributed by atoms with van der Waals surface area (Å²) >= 11 is 0. The number of nitrogen functional groups attached to an aromatic ring is 1. The van der Waals surface area contributed by atoms with Crippen LogP contribution in [0.3, 0.4) is 0 Å². The summed E-state index contributed by atoms with van der Waals surface area (Å²) in [6, 6.07) is 15.9. The van der Waals surface area contributed by atoms with E-state index in [9.17, 15) is 4.79 Å². The second kappa shape index (κ2) is 6.38. The van der Waals surface area contributed by atoms with E-state index in [0.717, 1.165) is 34.1 Å². The van der Waals surface area contributed by atoms with E-state index in [-0.39, 0.29) is 5.69 Å². The van der Waals surface area contributed by atoms with Crippen molar-refractivity contribution < 1.29 is 0 Å². The van der Waals surface area contributed by atoms with E-state index in [4.69, 9.17) is 5.73 Å². The largest absolute Gasteiger partial charge is 0.382 e. The third kappa shape index (κ3) is 2.73. The molecule has 0 bridgehead atoms. The molecule has 7 heteroatoms. The van der Waals surface area contributed by atoms with Gasteiger partial charge in [0.1, 0.15) is 11.3 Å². The molecule has 3 aromatic heterocycles. The minimum atomic E-state index is -0.195. The summed E-state index contributed by atoms with van der Waals surface area (Å²) in [6.45, 7) is 1.18. The number of fused-ring (bicyclic) bond motifs is 3. The van der Waals surface area contributed by atoms with E-state index in [0.29, 0.717) is 17.9 Å². The number of rotatable bonds is 4. The Balaban J connectivity index is 1.61. The number of hydrogen-bond donors (Lipinski definition) is 2. The molecule has 138 valence electrons. The van der Waals surface area contributed by atoms with Crippen molar-refractivity contribution in [1.29, 1.82) is 0 Å². The van der Waals surface area contributed by atoms with Crippen molar-refractivity contribution in [3.05, 3.63) is 88.9 Å². The van der Waals surface area contributed by atoms with Gasteiger partial charge in [-0.15, -0.1) is 0 Å². The van der Waals surface area contributed by atoms with E-state index in [1.165, 1.54) is 0 Å². The number of hydrogen-bond acceptors (Lipinski definition) is 4. The second-order valence-corrected chi connectivity index (χ2v) is 6.81. The van der Waals surface area contributed by atoms with Crippen molar-refractivity contribution in [3.63, 3.8) is 0 Å². The second-order valence-electron chi connectivity index (χ2n) is 6.81. The van der Waals surface area contributed by atoms with E-state index in [1.807, 2.05) is 47.2 Å². The summed E-state index contributed by atoms with van der Waals surface area (Å²) < 4.78 is 3.74. The molecule has 5 rings (SSSR count). The number of pyridine rings is 1. The van der Waals surface area contributed by atoms with Gasteiger partial charge in [0.25, 0.3) is 0 Å². The summed E-state index contributed by atoms with van der Waals surface area (Å²) in [5, 5.41) is 0.902. The molecule has 0 aliphatic heterocycles. The van der Waals surface area contributed by atoms with Crippen LogP contribution in [0.25, 0.3) is 21.9 Å². The summed E-state index contributed by atoms with van der Waals surface area (Å²) in [5.41, 5.74) is 10.2. The number of aromatic nitrogens is 5. The zero-order valence-electron chi connectivity index (χ0n) is 15.0. The lowest BCUT2D eigenvalue weighted by molar-refractivity contribution is 0.774. The number of benzene rings is 2. The van der Waals surface area contributed by atoms with Gasteiger partial charge in [-0.25, -0.2) is 14.8 Å². The quantitative estimate of drug-likeness (QED) is 0.509.